The van der Waals surface area contributed by atoms with Crippen molar-refractivity contribution in [2.75, 3.05) is 11.6 Å². The molecule has 0 unspecified atom stereocenters. The Balaban J connectivity index is 1.60. The maximum Gasteiger partial charge on any atom is 0.200 e. The van der Waals surface area contributed by atoms with Crippen LogP contribution in [0.5, 0.6) is 5.75 Å². The van der Waals surface area contributed by atoms with Crippen molar-refractivity contribution < 1.29 is 9.15 Å². The van der Waals surface area contributed by atoms with Crippen LogP contribution in [-0.2, 0) is 6.54 Å². The van der Waals surface area contributed by atoms with Gasteiger partial charge in [0.25, 0.3) is 0 Å². The van der Waals surface area contributed by atoms with Crippen molar-refractivity contribution in [1.82, 2.24) is 0 Å². The Bertz CT molecular complexity index is 1210. The summed E-state index contributed by atoms with van der Waals surface area (Å²) in [6.45, 7) is 3.16. The Hall–Kier alpha value is -3.53. The van der Waals surface area contributed by atoms with Crippen LogP contribution in [0, 0.1) is 6.92 Å². The summed E-state index contributed by atoms with van der Waals surface area (Å²) in [4.78, 5) is 15.2. The third kappa shape index (κ3) is 2.74. The van der Waals surface area contributed by atoms with Gasteiger partial charge in [-0.1, -0.05) is 48.0 Å². The van der Waals surface area contributed by atoms with Crippen LogP contribution >= 0.6 is 0 Å². The average Bonchev–Trinajstić information content (AvgIpc) is 2.75. The molecular formula is C24H19NO3. The van der Waals surface area contributed by atoms with Gasteiger partial charge in [-0.15, -0.1) is 0 Å². The van der Waals surface area contributed by atoms with E-state index in [-0.39, 0.29) is 5.43 Å². The molecule has 4 heteroatoms. The molecule has 1 aliphatic rings. The molecule has 0 atom stereocenters. The van der Waals surface area contributed by atoms with E-state index in [4.69, 9.17) is 9.15 Å². The summed E-state index contributed by atoms with van der Waals surface area (Å²) in [5.41, 5.74) is 5.19. The van der Waals surface area contributed by atoms with Gasteiger partial charge in [-0.25, -0.2) is 0 Å². The van der Waals surface area contributed by atoms with Crippen molar-refractivity contribution in [3.05, 3.63) is 94.3 Å². The highest BCUT2D eigenvalue weighted by Gasteiger charge is 2.23. The lowest BCUT2D eigenvalue weighted by Crippen LogP contribution is -2.32. The SMILES string of the molecule is Cc1ccc(N2COc3ccc4c(=O)c(-c5ccccc5)coc4c3C2)cc1. The molecule has 4 aromatic rings. The summed E-state index contributed by atoms with van der Waals surface area (Å²) < 4.78 is 11.9. The number of aryl methyl sites for hydroxylation is 1. The van der Waals surface area contributed by atoms with Crippen LogP contribution in [0.1, 0.15) is 11.1 Å². The topological polar surface area (TPSA) is 42.7 Å². The minimum atomic E-state index is -0.0253. The molecule has 3 aromatic carbocycles. The van der Waals surface area contributed by atoms with Crippen molar-refractivity contribution in [3.8, 4) is 16.9 Å². The molecule has 5 rings (SSSR count). The molecule has 0 fully saturated rings. The van der Waals surface area contributed by atoms with Gasteiger partial charge in [0, 0.05) is 5.69 Å². The third-order valence-electron chi connectivity index (χ3n) is 5.21. The number of nitrogens with zero attached hydrogens (tertiary/aromatic N) is 1. The number of benzene rings is 3. The van der Waals surface area contributed by atoms with E-state index >= 15 is 0 Å². The predicted molar refractivity (Wildman–Crippen MR) is 111 cm³/mol. The van der Waals surface area contributed by atoms with E-state index in [0.717, 1.165) is 22.6 Å². The smallest absolute Gasteiger partial charge is 0.200 e. The second-order valence-electron chi connectivity index (χ2n) is 7.07. The number of fused-ring (bicyclic) bond motifs is 3. The summed E-state index contributed by atoms with van der Waals surface area (Å²) in [7, 11) is 0. The van der Waals surface area contributed by atoms with E-state index in [1.165, 1.54) is 5.56 Å². The molecular weight excluding hydrogens is 350 g/mol. The molecule has 1 aliphatic heterocycles. The zero-order chi connectivity index (χ0) is 19.1. The molecule has 0 aliphatic carbocycles. The standard InChI is InChI=1S/C24H19NO3/c1-16-7-9-18(10-8-16)25-13-20-22(28-15-25)12-11-19-23(26)21(14-27-24(19)20)17-5-3-2-4-6-17/h2-12,14H,13,15H2,1H3. The fourth-order valence-corrected chi connectivity index (χ4v) is 3.65. The largest absolute Gasteiger partial charge is 0.473 e. The van der Waals surface area contributed by atoms with Crippen molar-refractivity contribution in [2.45, 2.75) is 13.5 Å². The summed E-state index contributed by atoms with van der Waals surface area (Å²) in [6.07, 6.45) is 1.56. The number of hydrogen-bond donors (Lipinski definition) is 0. The van der Waals surface area contributed by atoms with Crippen LogP contribution in [0.3, 0.4) is 0 Å². The highest BCUT2D eigenvalue weighted by Crippen LogP contribution is 2.34. The van der Waals surface area contributed by atoms with Gasteiger partial charge in [0.05, 0.1) is 23.1 Å². The van der Waals surface area contributed by atoms with Crippen molar-refractivity contribution in [2.24, 2.45) is 0 Å². The number of hydrogen-bond acceptors (Lipinski definition) is 4. The second kappa shape index (κ2) is 6.57. The van der Waals surface area contributed by atoms with E-state index < -0.39 is 0 Å². The number of anilines is 1. The average molecular weight is 369 g/mol. The van der Waals surface area contributed by atoms with E-state index in [1.807, 2.05) is 36.4 Å². The molecule has 0 saturated carbocycles. The zero-order valence-electron chi connectivity index (χ0n) is 15.5. The molecule has 0 N–H and O–H groups in total. The molecule has 0 amide bonds. The lowest BCUT2D eigenvalue weighted by atomic mass is 10.0. The Morgan fingerprint density at radius 3 is 2.50 bits per heavy atom. The molecule has 28 heavy (non-hydrogen) atoms. The van der Waals surface area contributed by atoms with Crippen molar-refractivity contribution in [3.63, 3.8) is 0 Å². The first-order valence-corrected chi connectivity index (χ1v) is 9.28. The lowest BCUT2D eigenvalue weighted by Gasteiger charge is -2.31. The molecule has 0 spiro atoms. The van der Waals surface area contributed by atoms with E-state index in [2.05, 4.69) is 36.1 Å². The summed E-state index contributed by atoms with van der Waals surface area (Å²) in [5.74, 6) is 0.770. The van der Waals surface area contributed by atoms with Gasteiger partial charge in [0.2, 0.25) is 5.43 Å². The molecule has 1 aromatic heterocycles. The monoisotopic (exact) mass is 369 g/mol. The summed E-state index contributed by atoms with van der Waals surface area (Å²) >= 11 is 0. The van der Waals surface area contributed by atoms with Gasteiger partial charge in [0.15, 0.2) is 6.73 Å². The maximum atomic E-state index is 13.1. The second-order valence-corrected chi connectivity index (χ2v) is 7.07. The molecule has 4 nitrogen and oxygen atoms in total. The Kier molecular flexibility index (Phi) is 3.90. The van der Waals surface area contributed by atoms with Crippen molar-refractivity contribution >= 4 is 16.7 Å². The van der Waals surface area contributed by atoms with Gasteiger partial charge in [-0.2, -0.15) is 0 Å². The minimum absolute atomic E-state index is 0.0253. The number of rotatable bonds is 2. The van der Waals surface area contributed by atoms with Crippen LogP contribution in [0.4, 0.5) is 5.69 Å². The lowest BCUT2D eigenvalue weighted by molar-refractivity contribution is 0.289. The van der Waals surface area contributed by atoms with Crippen LogP contribution in [0.25, 0.3) is 22.1 Å². The fraction of sp³-hybridized carbons (Fsp3) is 0.125. The Labute approximate surface area is 162 Å². The van der Waals surface area contributed by atoms with Gasteiger partial charge in [-0.05, 0) is 36.8 Å². The zero-order valence-corrected chi connectivity index (χ0v) is 15.5. The minimum Gasteiger partial charge on any atom is -0.473 e. The van der Waals surface area contributed by atoms with Gasteiger partial charge in [0.1, 0.15) is 17.6 Å². The highest BCUT2D eigenvalue weighted by molar-refractivity contribution is 5.86. The van der Waals surface area contributed by atoms with Crippen LogP contribution in [0.2, 0.25) is 0 Å². The van der Waals surface area contributed by atoms with Gasteiger partial charge in [-0.3, -0.25) is 4.79 Å². The molecule has 0 radical (unpaired) electrons. The van der Waals surface area contributed by atoms with E-state index in [1.54, 1.807) is 12.3 Å². The molecule has 0 bridgehead atoms. The molecule has 0 saturated heterocycles. The Morgan fingerprint density at radius 1 is 0.929 bits per heavy atom. The predicted octanol–water partition coefficient (Wildman–Crippen LogP) is 5.12. The molecule has 138 valence electrons. The maximum absolute atomic E-state index is 13.1. The first-order chi connectivity index (χ1) is 13.7. The van der Waals surface area contributed by atoms with Crippen molar-refractivity contribution in [1.29, 1.82) is 0 Å². The van der Waals surface area contributed by atoms with Crippen LogP contribution in [-0.4, -0.2) is 6.73 Å². The Morgan fingerprint density at radius 2 is 1.71 bits per heavy atom. The van der Waals surface area contributed by atoms with E-state index in [9.17, 15) is 4.79 Å². The highest BCUT2D eigenvalue weighted by atomic mass is 16.5. The summed E-state index contributed by atoms with van der Waals surface area (Å²) in [6, 6.07) is 21.6. The van der Waals surface area contributed by atoms with Crippen LogP contribution in [0.15, 0.2) is 82.2 Å². The first-order valence-electron chi connectivity index (χ1n) is 9.28. The number of ether oxygens (including phenoxy) is 1. The fourth-order valence-electron chi connectivity index (χ4n) is 3.65. The molecule has 2 heterocycles. The van der Waals surface area contributed by atoms with E-state index in [0.29, 0.717) is 29.8 Å². The normalized spacial score (nSPS) is 13.2. The third-order valence-corrected chi connectivity index (χ3v) is 5.21. The summed E-state index contributed by atoms with van der Waals surface area (Å²) in [5, 5.41) is 0.578. The van der Waals surface area contributed by atoms with Gasteiger partial charge >= 0.3 is 0 Å². The van der Waals surface area contributed by atoms with Crippen LogP contribution < -0.4 is 15.1 Å². The van der Waals surface area contributed by atoms with Gasteiger partial charge < -0.3 is 14.1 Å². The first kappa shape index (κ1) is 16.6. The quantitative estimate of drug-likeness (QED) is 0.492.